The summed E-state index contributed by atoms with van der Waals surface area (Å²) in [5.74, 6) is 0.294. The van der Waals surface area contributed by atoms with Crippen molar-refractivity contribution in [3.05, 3.63) is 65.5 Å². The van der Waals surface area contributed by atoms with E-state index < -0.39 is 0 Å². The van der Waals surface area contributed by atoms with Gasteiger partial charge in [0.25, 0.3) is 0 Å². The van der Waals surface area contributed by atoms with Crippen LogP contribution in [0, 0.1) is 0 Å². The van der Waals surface area contributed by atoms with Crippen LogP contribution in [0.5, 0.6) is 0 Å². The van der Waals surface area contributed by atoms with Gasteiger partial charge in [-0.25, -0.2) is 0 Å². The van der Waals surface area contributed by atoms with Gasteiger partial charge in [0.1, 0.15) is 0 Å². The summed E-state index contributed by atoms with van der Waals surface area (Å²) in [6.07, 6.45) is 6.65. The fourth-order valence-electron chi connectivity index (χ4n) is 4.35. The fourth-order valence-corrected chi connectivity index (χ4v) is 4.35. The molecule has 4 rings (SSSR count). The molecule has 1 aromatic carbocycles. The summed E-state index contributed by atoms with van der Waals surface area (Å²) in [5, 5.41) is 0. The summed E-state index contributed by atoms with van der Waals surface area (Å²) >= 11 is 0. The van der Waals surface area contributed by atoms with Crippen LogP contribution in [0.15, 0.2) is 48.5 Å². The first kappa shape index (κ1) is 18.2. The number of carbonyl (C=O) groups excluding carboxylic acids is 1. The molecule has 0 bridgehead atoms. The monoisotopic (exact) mass is 363 g/mol. The number of aromatic nitrogens is 1. The Labute approximate surface area is 162 Å². The van der Waals surface area contributed by atoms with E-state index in [2.05, 4.69) is 52.3 Å². The SMILES string of the molecule is O=C(CN1CCC[C@H]1c1cccc(Cc2ccccc2)n1)N1CCCCC1. The van der Waals surface area contributed by atoms with Crippen LogP contribution in [-0.2, 0) is 11.2 Å². The van der Waals surface area contributed by atoms with E-state index in [1.807, 2.05) is 6.07 Å². The average Bonchev–Trinajstić information content (AvgIpc) is 3.18. The van der Waals surface area contributed by atoms with Crippen molar-refractivity contribution in [2.45, 2.75) is 44.6 Å². The van der Waals surface area contributed by atoms with Gasteiger partial charge in [0, 0.05) is 25.2 Å². The van der Waals surface area contributed by atoms with Gasteiger partial charge < -0.3 is 4.90 Å². The Morgan fingerprint density at radius 1 is 0.926 bits per heavy atom. The number of hydrogen-bond acceptors (Lipinski definition) is 3. The largest absolute Gasteiger partial charge is 0.342 e. The number of pyridine rings is 1. The number of nitrogens with zero attached hydrogens (tertiary/aromatic N) is 3. The first-order chi connectivity index (χ1) is 13.3. The van der Waals surface area contributed by atoms with Crippen molar-refractivity contribution in [3.8, 4) is 0 Å². The number of benzene rings is 1. The number of rotatable bonds is 5. The van der Waals surface area contributed by atoms with E-state index in [-0.39, 0.29) is 6.04 Å². The van der Waals surface area contributed by atoms with E-state index in [0.29, 0.717) is 12.5 Å². The Morgan fingerprint density at radius 3 is 2.56 bits per heavy atom. The van der Waals surface area contributed by atoms with E-state index in [4.69, 9.17) is 4.98 Å². The highest BCUT2D eigenvalue weighted by Gasteiger charge is 2.30. The van der Waals surface area contributed by atoms with Gasteiger partial charge in [-0.2, -0.15) is 0 Å². The van der Waals surface area contributed by atoms with E-state index in [0.717, 1.165) is 63.1 Å². The van der Waals surface area contributed by atoms with Crippen molar-refractivity contribution in [1.82, 2.24) is 14.8 Å². The van der Waals surface area contributed by atoms with Crippen LogP contribution < -0.4 is 0 Å². The maximum atomic E-state index is 12.7. The predicted molar refractivity (Wildman–Crippen MR) is 107 cm³/mol. The number of carbonyl (C=O) groups is 1. The highest BCUT2D eigenvalue weighted by atomic mass is 16.2. The maximum absolute atomic E-state index is 12.7. The molecule has 2 saturated heterocycles. The lowest BCUT2D eigenvalue weighted by Crippen LogP contribution is -2.42. The second kappa shape index (κ2) is 8.66. The molecule has 142 valence electrons. The molecule has 1 amide bonds. The van der Waals surface area contributed by atoms with Gasteiger partial charge in [-0.05, 0) is 56.3 Å². The molecule has 0 radical (unpaired) electrons. The Hall–Kier alpha value is -2.20. The van der Waals surface area contributed by atoms with Crippen molar-refractivity contribution < 1.29 is 4.79 Å². The van der Waals surface area contributed by atoms with Crippen molar-refractivity contribution >= 4 is 5.91 Å². The first-order valence-corrected chi connectivity index (χ1v) is 10.3. The number of hydrogen-bond donors (Lipinski definition) is 0. The molecule has 0 unspecified atom stereocenters. The lowest BCUT2D eigenvalue weighted by molar-refractivity contribution is -0.133. The van der Waals surface area contributed by atoms with Crippen molar-refractivity contribution in [2.24, 2.45) is 0 Å². The molecule has 1 atom stereocenters. The summed E-state index contributed by atoms with van der Waals surface area (Å²) < 4.78 is 0. The molecule has 0 N–H and O–H groups in total. The second-order valence-corrected chi connectivity index (χ2v) is 7.79. The standard InChI is InChI=1S/C23H29N3O/c27-23(25-14-5-2-6-15-25)18-26-16-8-13-22(26)21-12-7-11-20(24-21)17-19-9-3-1-4-10-19/h1,3-4,7,9-12,22H,2,5-6,8,13-18H2/t22-/m0/s1. The highest BCUT2D eigenvalue weighted by molar-refractivity contribution is 5.78. The summed E-state index contributed by atoms with van der Waals surface area (Å²) in [4.78, 5) is 22.0. The molecule has 3 heterocycles. The quantitative estimate of drug-likeness (QED) is 0.810. The van der Waals surface area contributed by atoms with Crippen LogP contribution in [0.3, 0.4) is 0 Å². The maximum Gasteiger partial charge on any atom is 0.236 e. The van der Waals surface area contributed by atoms with Gasteiger partial charge in [-0.15, -0.1) is 0 Å². The van der Waals surface area contributed by atoms with Crippen LogP contribution in [0.1, 0.15) is 55.1 Å². The van der Waals surface area contributed by atoms with E-state index in [9.17, 15) is 4.79 Å². The second-order valence-electron chi connectivity index (χ2n) is 7.79. The zero-order valence-corrected chi connectivity index (χ0v) is 16.0. The molecule has 2 aromatic rings. The van der Waals surface area contributed by atoms with Crippen LogP contribution in [-0.4, -0.2) is 46.9 Å². The van der Waals surface area contributed by atoms with Gasteiger partial charge in [0.15, 0.2) is 0 Å². The van der Waals surface area contributed by atoms with Crippen LogP contribution in [0.25, 0.3) is 0 Å². The van der Waals surface area contributed by atoms with Gasteiger partial charge in [-0.1, -0.05) is 36.4 Å². The van der Waals surface area contributed by atoms with Crippen molar-refractivity contribution in [3.63, 3.8) is 0 Å². The molecule has 4 nitrogen and oxygen atoms in total. The Balaban J connectivity index is 1.43. The molecule has 1 aromatic heterocycles. The van der Waals surface area contributed by atoms with E-state index >= 15 is 0 Å². The molecule has 4 heteroatoms. The smallest absolute Gasteiger partial charge is 0.236 e. The minimum atomic E-state index is 0.273. The Morgan fingerprint density at radius 2 is 1.74 bits per heavy atom. The summed E-state index contributed by atoms with van der Waals surface area (Å²) in [6, 6.07) is 17.1. The Bertz CT molecular complexity index is 755. The number of likely N-dealkylation sites (tertiary alicyclic amines) is 2. The van der Waals surface area contributed by atoms with Gasteiger partial charge in [0.05, 0.1) is 18.3 Å². The minimum Gasteiger partial charge on any atom is -0.342 e. The van der Waals surface area contributed by atoms with Crippen molar-refractivity contribution in [2.75, 3.05) is 26.2 Å². The number of piperidine rings is 1. The normalized spacial score (nSPS) is 20.7. The average molecular weight is 364 g/mol. The molecule has 27 heavy (non-hydrogen) atoms. The lowest BCUT2D eigenvalue weighted by Gasteiger charge is -2.30. The summed E-state index contributed by atoms with van der Waals surface area (Å²) in [6.45, 7) is 3.40. The van der Waals surface area contributed by atoms with Crippen LogP contribution in [0.2, 0.25) is 0 Å². The third-order valence-corrected chi connectivity index (χ3v) is 5.81. The van der Waals surface area contributed by atoms with Crippen LogP contribution >= 0.6 is 0 Å². The lowest BCUT2D eigenvalue weighted by atomic mass is 10.1. The molecular weight excluding hydrogens is 334 g/mol. The third kappa shape index (κ3) is 4.56. The molecule has 2 fully saturated rings. The summed E-state index contributed by atoms with van der Waals surface area (Å²) in [7, 11) is 0. The molecular formula is C23H29N3O. The Kier molecular flexibility index (Phi) is 5.83. The zero-order valence-electron chi connectivity index (χ0n) is 16.0. The zero-order chi connectivity index (χ0) is 18.5. The molecule has 0 spiro atoms. The first-order valence-electron chi connectivity index (χ1n) is 10.3. The van der Waals surface area contributed by atoms with Gasteiger partial charge in [-0.3, -0.25) is 14.7 Å². The van der Waals surface area contributed by atoms with Crippen molar-refractivity contribution in [1.29, 1.82) is 0 Å². The van der Waals surface area contributed by atoms with Crippen LogP contribution in [0.4, 0.5) is 0 Å². The topological polar surface area (TPSA) is 36.4 Å². The molecule has 2 aliphatic heterocycles. The predicted octanol–water partition coefficient (Wildman–Crippen LogP) is 3.82. The highest BCUT2D eigenvalue weighted by Crippen LogP contribution is 2.31. The molecule has 0 saturated carbocycles. The van der Waals surface area contributed by atoms with E-state index in [1.54, 1.807) is 0 Å². The van der Waals surface area contributed by atoms with Gasteiger partial charge >= 0.3 is 0 Å². The fraction of sp³-hybridized carbons (Fsp3) is 0.478. The summed E-state index contributed by atoms with van der Waals surface area (Å²) in [5.41, 5.74) is 3.51. The van der Waals surface area contributed by atoms with E-state index in [1.165, 1.54) is 12.0 Å². The third-order valence-electron chi connectivity index (χ3n) is 5.81. The van der Waals surface area contributed by atoms with Gasteiger partial charge in [0.2, 0.25) is 5.91 Å². The minimum absolute atomic E-state index is 0.273. The molecule has 2 aliphatic rings. The number of amides is 1. The molecule has 0 aliphatic carbocycles.